The van der Waals surface area contributed by atoms with Gasteiger partial charge < -0.3 is 14.6 Å². The summed E-state index contributed by atoms with van der Waals surface area (Å²) in [6.07, 6.45) is 4.52. The van der Waals surface area contributed by atoms with Crippen molar-refractivity contribution in [2.24, 2.45) is 5.92 Å². The maximum absolute atomic E-state index is 10.7. The van der Waals surface area contributed by atoms with Crippen LogP contribution in [0.25, 0.3) is 0 Å². The van der Waals surface area contributed by atoms with Crippen LogP contribution in [-0.4, -0.2) is 60.5 Å². The number of rotatable bonds is 3. The number of carboxylic acids is 1. The summed E-state index contributed by atoms with van der Waals surface area (Å²) in [7, 11) is 0. The van der Waals surface area contributed by atoms with E-state index in [0.717, 1.165) is 58.6 Å². The Labute approximate surface area is 113 Å². The fourth-order valence-electron chi connectivity index (χ4n) is 3.69. The van der Waals surface area contributed by atoms with Crippen molar-refractivity contribution in [2.45, 2.75) is 43.7 Å². The molecule has 1 spiro atoms. The standard InChI is InChI=1S/C14H23NO4/c16-13(17)7-11-9-15(10-11)12-1-4-19-14(8-12)2-5-18-6-3-14/h11-12H,1-10H2,(H,16,17). The molecule has 1 N–H and O–H groups in total. The van der Waals surface area contributed by atoms with E-state index in [-0.39, 0.29) is 5.60 Å². The van der Waals surface area contributed by atoms with Crippen molar-refractivity contribution in [3.63, 3.8) is 0 Å². The molecule has 19 heavy (non-hydrogen) atoms. The van der Waals surface area contributed by atoms with Crippen molar-refractivity contribution < 1.29 is 19.4 Å². The van der Waals surface area contributed by atoms with Crippen molar-refractivity contribution in [1.82, 2.24) is 4.90 Å². The van der Waals surface area contributed by atoms with E-state index >= 15 is 0 Å². The van der Waals surface area contributed by atoms with E-state index in [4.69, 9.17) is 14.6 Å². The first-order valence-electron chi connectivity index (χ1n) is 7.34. The second kappa shape index (κ2) is 5.38. The number of carbonyl (C=O) groups is 1. The van der Waals surface area contributed by atoms with Crippen LogP contribution in [0.3, 0.4) is 0 Å². The average molecular weight is 269 g/mol. The van der Waals surface area contributed by atoms with Gasteiger partial charge in [-0.05, 0) is 31.6 Å². The average Bonchev–Trinajstić information content (AvgIpc) is 2.34. The molecule has 3 fully saturated rings. The summed E-state index contributed by atoms with van der Waals surface area (Å²) in [4.78, 5) is 13.1. The van der Waals surface area contributed by atoms with Gasteiger partial charge in [0, 0.05) is 39.0 Å². The largest absolute Gasteiger partial charge is 0.481 e. The first kappa shape index (κ1) is 13.3. The van der Waals surface area contributed by atoms with E-state index < -0.39 is 5.97 Å². The van der Waals surface area contributed by atoms with Gasteiger partial charge in [-0.25, -0.2) is 0 Å². The van der Waals surface area contributed by atoms with Crippen LogP contribution in [0.5, 0.6) is 0 Å². The van der Waals surface area contributed by atoms with E-state index in [1.54, 1.807) is 0 Å². The summed E-state index contributed by atoms with van der Waals surface area (Å²) in [5.41, 5.74) is 0.0407. The molecule has 3 saturated heterocycles. The van der Waals surface area contributed by atoms with Crippen LogP contribution in [0.4, 0.5) is 0 Å². The highest BCUT2D eigenvalue weighted by Crippen LogP contribution is 2.38. The van der Waals surface area contributed by atoms with Crippen molar-refractivity contribution in [3.8, 4) is 0 Å². The number of hydrogen-bond acceptors (Lipinski definition) is 4. The Kier molecular flexibility index (Phi) is 3.78. The second-order valence-corrected chi connectivity index (χ2v) is 6.21. The quantitative estimate of drug-likeness (QED) is 0.832. The zero-order valence-corrected chi connectivity index (χ0v) is 11.3. The molecule has 0 aromatic rings. The van der Waals surface area contributed by atoms with Gasteiger partial charge in [0.15, 0.2) is 0 Å². The van der Waals surface area contributed by atoms with Gasteiger partial charge in [-0.15, -0.1) is 0 Å². The first-order chi connectivity index (χ1) is 9.17. The fraction of sp³-hybridized carbons (Fsp3) is 0.929. The zero-order chi connectivity index (χ0) is 13.3. The summed E-state index contributed by atoms with van der Waals surface area (Å²) >= 11 is 0. The molecule has 0 saturated carbocycles. The normalized spacial score (nSPS) is 32.1. The van der Waals surface area contributed by atoms with Crippen LogP contribution in [0.2, 0.25) is 0 Å². The molecule has 0 aliphatic carbocycles. The lowest BCUT2D eigenvalue weighted by atomic mass is 9.81. The minimum atomic E-state index is -0.669. The maximum Gasteiger partial charge on any atom is 0.303 e. The molecule has 0 amide bonds. The first-order valence-corrected chi connectivity index (χ1v) is 7.34. The lowest BCUT2D eigenvalue weighted by Gasteiger charge is -2.51. The van der Waals surface area contributed by atoms with Gasteiger partial charge in [-0.1, -0.05) is 0 Å². The second-order valence-electron chi connectivity index (χ2n) is 6.21. The summed E-state index contributed by atoms with van der Waals surface area (Å²) in [5.74, 6) is -0.316. The van der Waals surface area contributed by atoms with Gasteiger partial charge in [0.25, 0.3) is 0 Å². The smallest absolute Gasteiger partial charge is 0.303 e. The van der Waals surface area contributed by atoms with Gasteiger partial charge in [-0.3, -0.25) is 9.69 Å². The molecule has 5 heteroatoms. The Hall–Kier alpha value is -0.650. The third kappa shape index (κ3) is 2.93. The van der Waals surface area contributed by atoms with Crippen molar-refractivity contribution in [1.29, 1.82) is 0 Å². The topological polar surface area (TPSA) is 59.0 Å². The Morgan fingerprint density at radius 1 is 1.26 bits per heavy atom. The van der Waals surface area contributed by atoms with Crippen LogP contribution < -0.4 is 0 Å². The Morgan fingerprint density at radius 2 is 2.00 bits per heavy atom. The number of hydrogen-bond donors (Lipinski definition) is 1. The molecule has 0 radical (unpaired) electrons. The summed E-state index contributed by atoms with van der Waals surface area (Å²) in [6, 6.07) is 0.580. The maximum atomic E-state index is 10.7. The van der Waals surface area contributed by atoms with Crippen LogP contribution >= 0.6 is 0 Å². The van der Waals surface area contributed by atoms with Gasteiger partial charge in [0.2, 0.25) is 0 Å². The molecular weight excluding hydrogens is 246 g/mol. The van der Waals surface area contributed by atoms with Gasteiger partial charge in [-0.2, -0.15) is 0 Å². The van der Waals surface area contributed by atoms with Crippen molar-refractivity contribution in [3.05, 3.63) is 0 Å². The highest BCUT2D eigenvalue weighted by molar-refractivity contribution is 5.67. The van der Waals surface area contributed by atoms with Crippen LogP contribution in [0.1, 0.15) is 32.1 Å². The van der Waals surface area contributed by atoms with Crippen LogP contribution in [0.15, 0.2) is 0 Å². The van der Waals surface area contributed by atoms with Crippen LogP contribution in [0, 0.1) is 5.92 Å². The van der Waals surface area contributed by atoms with Crippen molar-refractivity contribution in [2.75, 3.05) is 32.9 Å². The molecular formula is C14H23NO4. The zero-order valence-electron chi connectivity index (χ0n) is 11.3. The van der Waals surface area contributed by atoms with E-state index in [0.29, 0.717) is 18.4 Å². The minimum absolute atomic E-state index is 0.0407. The van der Waals surface area contributed by atoms with E-state index in [2.05, 4.69) is 4.90 Å². The number of aliphatic carboxylic acids is 1. The lowest BCUT2D eigenvalue weighted by molar-refractivity contribution is -0.161. The van der Waals surface area contributed by atoms with Gasteiger partial charge >= 0.3 is 5.97 Å². The molecule has 0 aromatic heterocycles. The fourth-order valence-corrected chi connectivity index (χ4v) is 3.69. The SMILES string of the molecule is O=C(O)CC1CN(C2CCOC3(CCOCC3)C2)C1. The van der Waals surface area contributed by atoms with E-state index in [1.165, 1.54) is 0 Å². The molecule has 3 aliphatic heterocycles. The number of carboxylic acid groups (broad SMARTS) is 1. The number of ether oxygens (including phenoxy) is 2. The molecule has 3 rings (SSSR count). The monoisotopic (exact) mass is 269 g/mol. The predicted octanol–water partition coefficient (Wildman–Crippen LogP) is 1.12. The highest BCUT2D eigenvalue weighted by atomic mass is 16.5. The minimum Gasteiger partial charge on any atom is -0.481 e. The molecule has 0 aromatic carbocycles. The van der Waals surface area contributed by atoms with Crippen molar-refractivity contribution >= 4 is 5.97 Å². The highest BCUT2D eigenvalue weighted by Gasteiger charge is 2.43. The van der Waals surface area contributed by atoms with Crippen LogP contribution in [-0.2, 0) is 14.3 Å². The molecule has 108 valence electrons. The van der Waals surface area contributed by atoms with E-state index in [9.17, 15) is 4.79 Å². The molecule has 1 atom stereocenters. The molecule has 0 bridgehead atoms. The molecule has 5 nitrogen and oxygen atoms in total. The third-order valence-corrected chi connectivity index (χ3v) is 4.84. The van der Waals surface area contributed by atoms with Gasteiger partial charge in [0.05, 0.1) is 12.0 Å². The predicted molar refractivity (Wildman–Crippen MR) is 69.1 cm³/mol. The molecule has 1 unspecified atom stereocenters. The number of likely N-dealkylation sites (tertiary alicyclic amines) is 1. The molecule has 3 aliphatic rings. The lowest BCUT2D eigenvalue weighted by Crippen LogP contribution is -2.58. The van der Waals surface area contributed by atoms with Gasteiger partial charge in [0.1, 0.15) is 0 Å². The summed E-state index contributed by atoms with van der Waals surface area (Å²) in [5, 5.41) is 8.79. The number of nitrogens with zero attached hydrogens (tertiary/aromatic N) is 1. The Morgan fingerprint density at radius 3 is 2.68 bits per heavy atom. The summed E-state index contributed by atoms with van der Waals surface area (Å²) < 4.78 is 11.5. The van der Waals surface area contributed by atoms with E-state index in [1.807, 2.05) is 0 Å². The third-order valence-electron chi connectivity index (χ3n) is 4.84. The Balaban J connectivity index is 1.51. The molecule has 3 heterocycles. The summed E-state index contributed by atoms with van der Waals surface area (Å²) in [6.45, 7) is 4.36. The Bertz CT molecular complexity index is 329.